The second-order valence-corrected chi connectivity index (χ2v) is 5.97. The van der Waals surface area contributed by atoms with Crippen molar-refractivity contribution in [2.45, 2.75) is 20.0 Å². The number of hydrogen-bond donors (Lipinski definition) is 1. The number of anilines is 1. The summed E-state index contributed by atoms with van der Waals surface area (Å²) >= 11 is 0. The Kier molecular flexibility index (Phi) is 4.80. The quantitative estimate of drug-likeness (QED) is 0.723. The number of esters is 1. The van der Waals surface area contributed by atoms with Crippen LogP contribution in [0.3, 0.4) is 0 Å². The van der Waals surface area contributed by atoms with Crippen LogP contribution < -0.4 is 5.32 Å². The van der Waals surface area contributed by atoms with Gasteiger partial charge in [0.1, 0.15) is 0 Å². The zero-order valence-corrected chi connectivity index (χ0v) is 14.2. The van der Waals surface area contributed by atoms with Gasteiger partial charge in [-0.3, -0.25) is 4.79 Å². The summed E-state index contributed by atoms with van der Waals surface area (Å²) in [4.78, 5) is 24.4. The largest absolute Gasteiger partial charge is 0.449 e. The van der Waals surface area contributed by atoms with Crippen molar-refractivity contribution >= 4 is 28.3 Å². The van der Waals surface area contributed by atoms with Gasteiger partial charge >= 0.3 is 5.97 Å². The molecular weight excluding hydrogens is 314 g/mol. The van der Waals surface area contributed by atoms with E-state index in [0.717, 1.165) is 16.3 Å². The second-order valence-electron chi connectivity index (χ2n) is 5.97. The zero-order chi connectivity index (χ0) is 17.8. The van der Waals surface area contributed by atoms with Gasteiger partial charge < -0.3 is 10.1 Å². The first-order valence-corrected chi connectivity index (χ1v) is 8.10. The molecule has 0 spiro atoms. The zero-order valence-electron chi connectivity index (χ0n) is 14.2. The van der Waals surface area contributed by atoms with Crippen molar-refractivity contribution in [3.8, 4) is 0 Å². The summed E-state index contributed by atoms with van der Waals surface area (Å²) in [6.45, 7) is 3.46. The Hall–Kier alpha value is -3.14. The Bertz CT molecular complexity index is 933. The summed E-state index contributed by atoms with van der Waals surface area (Å²) in [5, 5.41) is 4.91. The van der Waals surface area contributed by atoms with Crippen molar-refractivity contribution < 1.29 is 14.3 Å². The third-order valence-electron chi connectivity index (χ3n) is 3.92. The van der Waals surface area contributed by atoms with Crippen LogP contribution in [-0.2, 0) is 9.53 Å². The maximum Gasteiger partial charge on any atom is 0.338 e. The van der Waals surface area contributed by atoms with Crippen LogP contribution in [-0.4, -0.2) is 18.0 Å². The molecule has 4 heteroatoms. The molecule has 3 aromatic rings. The molecule has 0 heterocycles. The fourth-order valence-corrected chi connectivity index (χ4v) is 2.57. The Morgan fingerprint density at radius 2 is 1.68 bits per heavy atom. The van der Waals surface area contributed by atoms with Crippen LogP contribution in [0, 0.1) is 6.92 Å². The summed E-state index contributed by atoms with van der Waals surface area (Å²) in [7, 11) is 0. The molecule has 25 heavy (non-hydrogen) atoms. The molecule has 3 rings (SSSR count). The number of rotatable bonds is 4. The van der Waals surface area contributed by atoms with E-state index >= 15 is 0 Å². The highest BCUT2D eigenvalue weighted by atomic mass is 16.5. The Balaban J connectivity index is 1.66. The third-order valence-corrected chi connectivity index (χ3v) is 3.92. The Morgan fingerprint density at radius 3 is 2.44 bits per heavy atom. The van der Waals surface area contributed by atoms with Crippen molar-refractivity contribution in [1.82, 2.24) is 0 Å². The molecule has 126 valence electrons. The van der Waals surface area contributed by atoms with Crippen molar-refractivity contribution in [2.75, 3.05) is 5.32 Å². The normalized spacial score (nSPS) is 11.8. The molecule has 0 saturated heterocycles. The lowest BCUT2D eigenvalue weighted by molar-refractivity contribution is -0.123. The summed E-state index contributed by atoms with van der Waals surface area (Å²) in [6.07, 6.45) is -0.889. The van der Waals surface area contributed by atoms with Crippen LogP contribution in [0.2, 0.25) is 0 Å². The third kappa shape index (κ3) is 4.04. The number of amides is 1. The van der Waals surface area contributed by atoms with Gasteiger partial charge in [-0.15, -0.1) is 0 Å². The van der Waals surface area contributed by atoms with Crippen molar-refractivity contribution in [1.29, 1.82) is 0 Å². The highest BCUT2D eigenvalue weighted by molar-refractivity contribution is 5.98. The van der Waals surface area contributed by atoms with Crippen molar-refractivity contribution in [3.63, 3.8) is 0 Å². The van der Waals surface area contributed by atoms with Crippen molar-refractivity contribution in [3.05, 3.63) is 77.9 Å². The molecule has 0 radical (unpaired) electrons. The average Bonchev–Trinajstić information content (AvgIpc) is 2.61. The van der Waals surface area contributed by atoms with Gasteiger partial charge in [0.25, 0.3) is 5.91 Å². The van der Waals surface area contributed by atoms with E-state index in [4.69, 9.17) is 4.74 Å². The van der Waals surface area contributed by atoms with E-state index in [1.165, 1.54) is 0 Å². The van der Waals surface area contributed by atoms with E-state index in [2.05, 4.69) is 5.32 Å². The topological polar surface area (TPSA) is 55.4 Å². The molecule has 0 bridgehead atoms. The van der Waals surface area contributed by atoms with Crippen LogP contribution in [0.1, 0.15) is 22.8 Å². The van der Waals surface area contributed by atoms with Gasteiger partial charge in [-0.05, 0) is 48.9 Å². The van der Waals surface area contributed by atoms with Gasteiger partial charge in [-0.25, -0.2) is 4.79 Å². The maximum atomic E-state index is 12.3. The highest BCUT2D eigenvalue weighted by Gasteiger charge is 2.19. The van der Waals surface area contributed by atoms with Gasteiger partial charge in [0.05, 0.1) is 5.56 Å². The number of benzene rings is 3. The molecule has 0 aliphatic rings. The summed E-state index contributed by atoms with van der Waals surface area (Å²) in [5.41, 5.74) is 2.07. The molecule has 0 saturated carbocycles. The van der Waals surface area contributed by atoms with E-state index in [-0.39, 0.29) is 5.91 Å². The number of carbonyl (C=O) groups is 2. The van der Waals surface area contributed by atoms with E-state index in [1.54, 1.807) is 25.1 Å². The lowest BCUT2D eigenvalue weighted by Gasteiger charge is -2.14. The monoisotopic (exact) mass is 333 g/mol. The molecule has 0 aliphatic carbocycles. The smallest absolute Gasteiger partial charge is 0.338 e. The SMILES string of the molecule is Cc1cccc(C(=O)OC(C)C(=O)Nc2ccc3ccccc3c2)c1. The van der Waals surface area contributed by atoms with E-state index in [0.29, 0.717) is 11.3 Å². The lowest BCUT2D eigenvalue weighted by atomic mass is 10.1. The first-order valence-electron chi connectivity index (χ1n) is 8.10. The molecule has 1 amide bonds. The second kappa shape index (κ2) is 7.18. The fourth-order valence-electron chi connectivity index (χ4n) is 2.57. The predicted octanol–water partition coefficient (Wildman–Crippen LogP) is 4.33. The minimum atomic E-state index is -0.889. The predicted molar refractivity (Wildman–Crippen MR) is 98.6 cm³/mol. The van der Waals surface area contributed by atoms with Gasteiger partial charge in [0, 0.05) is 5.69 Å². The minimum Gasteiger partial charge on any atom is -0.449 e. The van der Waals surface area contributed by atoms with Crippen molar-refractivity contribution in [2.24, 2.45) is 0 Å². The number of hydrogen-bond acceptors (Lipinski definition) is 3. The van der Waals surface area contributed by atoms with E-state index in [1.807, 2.05) is 55.5 Å². The number of nitrogens with one attached hydrogen (secondary N) is 1. The molecule has 0 fully saturated rings. The number of carbonyl (C=O) groups excluding carboxylic acids is 2. The molecule has 0 aliphatic heterocycles. The molecule has 1 unspecified atom stereocenters. The summed E-state index contributed by atoms with van der Waals surface area (Å²) < 4.78 is 5.26. The first-order chi connectivity index (χ1) is 12.0. The Labute approximate surface area is 146 Å². The minimum absolute atomic E-state index is 0.365. The molecular formula is C21H19NO3. The average molecular weight is 333 g/mol. The number of fused-ring (bicyclic) bond motifs is 1. The maximum absolute atomic E-state index is 12.3. The van der Waals surface area contributed by atoms with Gasteiger partial charge in [0.2, 0.25) is 0 Å². The van der Waals surface area contributed by atoms with Crippen LogP contribution in [0.4, 0.5) is 5.69 Å². The van der Waals surface area contributed by atoms with Gasteiger partial charge in [-0.2, -0.15) is 0 Å². The van der Waals surface area contributed by atoms with Crippen LogP contribution in [0.5, 0.6) is 0 Å². The number of aryl methyl sites for hydroxylation is 1. The highest BCUT2D eigenvalue weighted by Crippen LogP contribution is 2.19. The van der Waals surface area contributed by atoms with E-state index in [9.17, 15) is 9.59 Å². The van der Waals surface area contributed by atoms with Gasteiger partial charge in [-0.1, -0.05) is 48.0 Å². The molecule has 4 nitrogen and oxygen atoms in total. The number of ether oxygens (including phenoxy) is 1. The molecule has 1 atom stereocenters. The summed E-state index contributed by atoms with van der Waals surface area (Å²) in [5.74, 6) is -0.874. The van der Waals surface area contributed by atoms with Crippen LogP contribution in [0.15, 0.2) is 66.7 Å². The molecule has 3 aromatic carbocycles. The van der Waals surface area contributed by atoms with E-state index < -0.39 is 12.1 Å². The molecule has 1 N–H and O–H groups in total. The fraction of sp³-hybridized carbons (Fsp3) is 0.143. The van der Waals surface area contributed by atoms with Crippen LogP contribution >= 0.6 is 0 Å². The van der Waals surface area contributed by atoms with Crippen LogP contribution in [0.25, 0.3) is 10.8 Å². The Morgan fingerprint density at radius 1 is 0.920 bits per heavy atom. The standard InChI is InChI=1S/C21H19NO3/c1-14-6-5-9-18(12-14)21(24)25-15(2)20(23)22-19-11-10-16-7-3-4-8-17(16)13-19/h3-13,15H,1-2H3,(H,22,23). The molecule has 0 aromatic heterocycles. The first kappa shape index (κ1) is 16.7. The van der Waals surface area contributed by atoms with Gasteiger partial charge in [0.15, 0.2) is 6.10 Å². The summed E-state index contributed by atoms with van der Waals surface area (Å²) in [6, 6.07) is 20.6. The lowest BCUT2D eigenvalue weighted by Crippen LogP contribution is -2.30.